The molecule has 0 heterocycles. The number of rotatable bonds is 7. The molecule has 2 aromatic rings. The lowest BCUT2D eigenvalue weighted by Gasteiger charge is -2.32. The van der Waals surface area contributed by atoms with E-state index in [4.69, 9.17) is 4.74 Å². The molecule has 6 heteroatoms. The summed E-state index contributed by atoms with van der Waals surface area (Å²) < 4.78 is 30.7. The van der Waals surface area contributed by atoms with Crippen molar-refractivity contribution >= 4 is 15.9 Å². The fourth-order valence-electron chi connectivity index (χ4n) is 2.73. The zero-order valence-corrected chi connectivity index (χ0v) is 17.8. The van der Waals surface area contributed by atoms with E-state index >= 15 is 0 Å². The van der Waals surface area contributed by atoms with Crippen molar-refractivity contribution in [1.29, 1.82) is 0 Å². The molecule has 0 aliphatic carbocycles. The highest BCUT2D eigenvalue weighted by Gasteiger charge is 2.27. The normalized spacial score (nSPS) is 13.0. The van der Waals surface area contributed by atoms with Gasteiger partial charge in [-0.05, 0) is 51.8 Å². The number of sulfone groups is 1. The topological polar surface area (TPSA) is 63.7 Å². The molecule has 1 unspecified atom stereocenters. The van der Waals surface area contributed by atoms with Crippen LogP contribution in [0.4, 0.5) is 4.79 Å². The second-order valence-corrected chi connectivity index (χ2v) is 9.97. The van der Waals surface area contributed by atoms with Crippen molar-refractivity contribution in [2.24, 2.45) is 0 Å². The molecule has 1 atom stereocenters. The van der Waals surface area contributed by atoms with Crippen LogP contribution in [0, 0.1) is 0 Å². The summed E-state index contributed by atoms with van der Waals surface area (Å²) in [5, 5.41) is 0. The van der Waals surface area contributed by atoms with E-state index in [1.54, 1.807) is 35.2 Å². The summed E-state index contributed by atoms with van der Waals surface area (Å²) in [6.07, 6.45) is -0.121. The molecule has 0 saturated heterocycles. The lowest BCUT2D eigenvalue weighted by molar-refractivity contribution is 0.0153. The molecule has 28 heavy (non-hydrogen) atoms. The van der Waals surface area contributed by atoms with Gasteiger partial charge in [0.2, 0.25) is 0 Å². The highest BCUT2D eigenvalue weighted by molar-refractivity contribution is 7.91. The largest absolute Gasteiger partial charge is 0.444 e. The molecule has 2 aromatic carbocycles. The zero-order valence-electron chi connectivity index (χ0n) is 17.0. The standard InChI is InChI=1S/C22H29NO4S/c1-18(15-16-28(25,26)20-13-9-6-10-14-20)23(21(24)27-22(2,3)4)17-19-11-7-5-8-12-19/h5-14,18H,15-17H2,1-4H3. The Kier molecular flexibility index (Phi) is 7.24. The predicted octanol–water partition coefficient (Wildman–Crippen LogP) is 4.68. The number of hydrogen-bond acceptors (Lipinski definition) is 4. The predicted molar refractivity (Wildman–Crippen MR) is 111 cm³/mol. The fraction of sp³-hybridized carbons (Fsp3) is 0.409. The Labute approximate surface area is 168 Å². The Morgan fingerprint density at radius 1 is 1.00 bits per heavy atom. The van der Waals surface area contributed by atoms with E-state index in [9.17, 15) is 13.2 Å². The van der Waals surface area contributed by atoms with Crippen LogP contribution in [0.25, 0.3) is 0 Å². The van der Waals surface area contributed by atoms with Crippen LogP contribution in [0.15, 0.2) is 65.6 Å². The van der Waals surface area contributed by atoms with Crippen molar-refractivity contribution in [2.45, 2.75) is 57.2 Å². The Hall–Kier alpha value is -2.34. The molecule has 1 amide bonds. The Balaban J connectivity index is 2.13. The van der Waals surface area contributed by atoms with Crippen molar-refractivity contribution in [3.8, 4) is 0 Å². The quantitative estimate of drug-likeness (QED) is 0.673. The number of hydrogen-bond donors (Lipinski definition) is 0. The summed E-state index contributed by atoms with van der Waals surface area (Å²) in [6, 6.07) is 17.7. The number of amides is 1. The van der Waals surface area contributed by atoms with Gasteiger partial charge in [0.25, 0.3) is 0 Å². The van der Waals surface area contributed by atoms with Crippen molar-refractivity contribution in [3.63, 3.8) is 0 Å². The second-order valence-electron chi connectivity index (χ2n) is 7.86. The fourth-order valence-corrected chi connectivity index (χ4v) is 4.19. The van der Waals surface area contributed by atoms with Crippen LogP contribution in [0.3, 0.4) is 0 Å². The lowest BCUT2D eigenvalue weighted by Crippen LogP contribution is -2.42. The van der Waals surface area contributed by atoms with Crippen LogP contribution in [0.5, 0.6) is 0 Å². The second kappa shape index (κ2) is 9.24. The minimum absolute atomic E-state index is 0.0354. The maximum atomic E-state index is 12.8. The number of ether oxygens (including phenoxy) is 1. The van der Waals surface area contributed by atoms with E-state index in [1.807, 2.05) is 58.0 Å². The van der Waals surface area contributed by atoms with Gasteiger partial charge >= 0.3 is 6.09 Å². The average molecular weight is 404 g/mol. The smallest absolute Gasteiger partial charge is 0.410 e. The lowest BCUT2D eigenvalue weighted by atomic mass is 10.1. The molecule has 0 saturated carbocycles. The molecule has 0 spiro atoms. The van der Waals surface area contributed by atoms with E-state index in [1.165, 1.54) is 0 Å². The molecular formula is C22H29NO4S. The maximum Gasteiger partial charge on any atom is 0.410 e. The third kappa shape index (κ3) is 6.68. The van der Waals surface area contributed by atoms with E-state index < -0.39 is 21.5 Å². The first-order valence-electron chi connectivity index (χ1n) is 9.40. The number of carbonyl (C=O) groups excluding carboxylic acids is 1. The van der Waals surface area contributed by atoms with Gasteiger partial charge in [0, 0.05) is 12.6 Å². The minimum atomic E-state index is -3.40. The van der Waals surface area contributed by atoms with Gasteiger partial charge in [-0.15, -0.1) is 0 Å². The van der Waals surface area contributed by atoms with Crippen LogP contribution in [-0.4, -0.2) is 36.8 Å². The van der Waals surface area contributed by atoms with Gasteiger partial charge in [-0.3, -0.25) is 0 Å². The van der Waals surface area contributed by atoms with Gasteiger partial charge in [-0.1, -0.05) is 48.5 Å². The highest BCUT2D eigenvalue weighted by atomic mass is 32.2. The first kappa shape index (κ1) is 22.0. The van der Waals surface area contributed by atoms with Crippen molar-refractivity contribution in [1.82, 2.24) is 4.90 Å². The van der Waals surface area contributed by atoms with Crippen LogP contribution in [0.2, 0.25) is 0 Å². The van der Waals surface area contributed by atoms with Crippen molar-refractivity contribution in [2.75, 3.05) is 5.75 Å². The minimum Gasteiger partial charge on any atom is -0.444 e. The highest BCUT2D eigenvalue weighted by Crippen LogP contribution is 2.19. The Morgan fingerprint density at radius 3 is 2.07 bits per heavy atom. The summed E-state index contributed by atoms with van der Waals surface area (Å²) in [7, 11) is -3.40. The average Bonchev–Trinajstić information content (AvgIpc) is 2.64. The van der Waals surface area contributed by atoms with Crippen LogP contribution in [-0.2, 0) is 21.1 Å². The molecule has 0 aromatic heterocycles. The summed E-state index contributed by atoms with van der Waals surface area (Å²) in [5.41, 5.74) is 0.341. The third-order valence-corrected chi connectivity index (χ3v) is 6.03. The maximum absolute atomic E-state index is 12.8. The molecule has 2 rings (SSSR count). The van der Waals surface area contributed by atoms with Gasteiger partial charge in [-0.25, -0.2) is 13.2 Å². The van der Waals surface area contributed by atoms with E-state index in [0.717, 1.165) is 5.56 Å². The summed E-state index contributed by atoms with van der Waals surface area (Å²) in [5.74, 6) is -0.0354. The summed E-state index contributed by atoms with van der Waals surface area (Å²) >= 11 is 0. The summed E-state index contributed by atoms with van der Waals surface area (Å²) in [4.78, 5) is 14.7. The van der Waals surface area contributed by atoms with Crippen molar-refractivity contribution in [3.05, 3.63) is 66.2 Å². The van der Waals surface area contributed by atoms with Gasteiger partial charge in [0.1, 0.15) is 5.60 Å². The number of nitrogens with zero attached hydrogens (tertiary/aromatic N) is 1. The zero-order chi connectivity index (χ0) is 20.8. The van der Waals surface area contributed by atoms with Gasteiger partial charge < -0.3 is 9.64 Å². The molecule has 0 N–H and O–H groups in total. The molecule has 5 nitrogen and oxygen atoms in total. The molecule has 152 valence electrons. The van der Waals surface area contributed by atoms with Crippen LogP contribution < -0.4 is 0 Å². The monoisotopic (exact) mass is 403 g/mol. The molecule has 0 radical (unpaired) electrons. The molecule has 0 bridgehead atoms. The third-order valence-electron chi connectivity index (χ3n) is 4.26. The molecule has 0 aliphatic rings. The molecule has 0 fully saturated rings. The molecular weight excluding hydrogens is 374 g/mol. The van der Waals surface area contributed by atoms with E-state index in [-0.39, 0.29) is 11.8 Å². The first-order valence-corrected chi connectivity index (χ1v) is 11.0. The van der Waals surface area contributed by atoms with Crippen molar-refractivity contribution < 1.29 is 17.9 Å². The van der Waals surface area contributed by atoms with Gasteiger partial charge in [0.05, 0.1) is 10.6 Å². The molecule has 0 aliphatic heterocycles. The Morgan fingerprint density at radius 2 is 1.54 bits per heavy atom. The van der Waals surface area contributed by atoms with Crippen LogP contribution >= 0.6 is 0 Å². The van der Waals surface area contributed by atoms with Crippen LogP contribution in [0.1, 0.15) is 39.7 Å². The first-order chi connectivity index (χ1) is 13.1. The van der Waals surface area contributed by atoms with Gasteiger partial charge in [0.15, 0.2) is 9.84 Å². The SMILES string of the molecule is CC(CCS(=O)(=O)c1ccccc1)N(Cc1ccccc1)C(=O)OC(C)(C)C. The summed E-state index contributed by atoms with van der Waals surface area (Å²) in [6.45, 7) is 7.66. The number of benzene rings is 2. The number of carbonyl (C=O) groups is 1. The Bertz CT molecular complexity index is 858. The van der Waals surface area contributed by atoms with Gasteiger partial charge in [-0.2, -0.15) is 0 Å². The van der Waals surface area contributed by atoms with E-state index in [2.05, 4.69) is 0 Å². The van der Waals surface area contributed by atoms with E-state index in [0.29, 0.717) is 17.9 Å².